The molecule has 2 aliphatic heterocycles. The molecule has 0 atom stereocenters. The number of ether oxygens (including phenoxy) is 1. The summed E-state index contributed by atoms with van der Waals surface area (Å²) in [6.07, 6.45) is 3.41. The van der Waals surface area contributed by atoms with Gasteiger partial charge in [-0.15, -0.1) is 0 Å². The number of benzene rings is 2. The summed E-state index contributed by atoms with van der Waals surface area (Å²) >= 11 is 0. The van der Waals surface area contributed by atoms with Crippen molar-refractivity contribution in [3.63, 3.8) is 0 Å². The number of para-hydroxylation sites is 1. The Labute approximate surface area is 185 Å². The minimum atomic E-state index is 0.126. The summed E-state index contributed by atoms with van der Waals surface area (Å²) in [5.41, 5.74) is 2.92. The Bertz CT molecular complexity index is 844. The van der Waals surface area contributed by atoms with E-state index in [9.17, 15) is 4.79 Å². The molecule has 6 nitrogen and oxygen atoms in total. The van der Waals surface area contributed by atoms with Crippen LogP contribution < -0.4 is 15.0 Å². The van der Waals surface area contributed by atoms with Crippen molar-refractivity contribution >= 4 is 17.3 Å². The number of anilines is 2. The number of carbonyl (C=O) groups excluding carboxylic acids is 1. The predicted molar refractivity (Wildman–Crippen MR) is 126 cm³/mol. The van der Waals surface area contributed by atoms with Gasteiger partial charge in [0.05, 0.1) is 18.4 Å². The van der Waals surface area contributed by atoms with Crippen molar-refractivity contribution in [2.75, 3.05) is 69.7 Å². The van der Waals surface area contributed by atoms with E-state index in [2.05, 4.69) is 45.4 Å². The van der Waals surface area contributed by atoms with E-state index in [1.54, 1.807) is 7.11 Å². The molecule has 2 aromatic carbocycles. The molecule has 2 aromatic rings. The molecule has 1 N–H and O–H groups in total. The molecule has 6 heteroatoms. The molecule has 166 valence electrons. The predicted octanol–water partition coefficient (Wildman–Crippen LogP) is 3.56. The Morgan fingerprint density at radius 3 is 2.39 bits per heavy atom. The van der Waals surface area contributed by atoms with Crippen molar-refractivity contribution in [2.24, 2.45) is 0 Å². The van der Waals surface area contributed by atoms with Gasteiger partial charge in [0, 0.05) is 64.1 Å². The van der Waals surface area contributed by atoms with Gasteiger partial charge in [0.25, 0.3) is 5.91 Å². The average molecular weight is 423 g/mol. The monoisotopic (exact) mass is 422 g/mol. The summed E-state index contributed by atoms with van der Waals surface area (Å²) < 4.78 is 5.40. The van der Waals surface area contributed by atoms with E-state index < -0.39 is 0 Å². The fourth-order valence-electron chi connectivity index (χ4n) is 4.47. The molecular weight excluding hydrogens is 388 g/mol. The number of carbonyl (C=O) groups is 1. The highest BCUT2D eigenvalue weighted by Crippen LogP contribution is 2.25. The van der Waals surface area contributed by atoms with Crippen LogP contribution in [0, 0.1) is 0 Å². The van der Waals surface area contributed by atoms with Crippen LogP contribution in [-0.2, 0) is 0 Å². The Morgan fingerprint density at radius 2 is 1.68 bits per heavy atom. The zero-order valence-corrected chi connectivity index (χ0v) is 18.6. The maximum Gasteiger partial charge on any atom is 0.255 e. The van der Waals surface area contributed by atoms with Crippen molar-refractivity contribution < 1.29 is 9.53 Å². The van der Waals surface area contributed by atoms with Crippen LogP contribution in [0.1, 0.15) is 29.6 Å². The van der Waals surface area contributed by atoms with Crippen LogP contribution in [0.15, 0.2) is 48.5 Å². The van der Waals surface area contributed by atoms with Gasteiger partial charge < -0.3 is 19.9 Å². The van der Waals surface area contributed by atoms with E-state index in [1.165, 1.54) is 12.1 Å². The minimum Gasteiger partial charge on any atom is -0.497 e. The van der Waals surface area contributed by atoms with Crippen LogP contribution in [0.25, 0.3) is 0 Å². The first-order valence-electron chi connectivity index (χ1n) is 11.5. The van der Waals surface area contributed by atoms with Gasteiger partial charge in [0.2, 0.25) is 0 Å². The number of hydrogen-bond donors (Lipinski definition) is 1. The highest BCUT2D eigenvalue weighted by Gasteiger charge is 2.22. The van der Waals surface area contributed by atoms with Gasteiger partial charge in [-0.3, -0.25) is 9.69 Å². The van der Waals surface area contributed by atoms with Crippen molar-refractivity contribution in [1.82, 2.24) is 9.80 Å². The molecular formula is C25H34N4O2. The molecule has 0 spiro atoms. The molecule has 2 aliphatic rings. The van der Waals surface area contributed by atoms with E-state index in [0.717, 1.165) is 82.2 Å². The second-order valence-corrected chi connectivity index (χ2v) is 8.36. The number of piperazine rings is 1. The molecule has 0 unspecified atom stereocenters. The smallest absolute Gasteiger partial charge is 0.255 e. The van der Waals surface area contributed by atoms with Gasteiger partial charge in [0.1, 0.15) is 5.75 Å². The number of nitrogens with zero attached hydrogens (tertiary/aromatic N) is 3. The molecule has 0 aromatic heterocycles. The Hall–Kier alpha value is -2.73. The first kappa shape index (κ1) is 21.5. The second-order valence-electron chi connectivity index (χ2n) is 8.36. The quantitative estimate of drug-likeness (QED) is 0.739. The lowest BCUT2D eigenvalue weighted by Gasteiger charge is -2.36. The summed E-state index contributed by atoms with van der Waals surface area (Å²) in [5, 5.41) is 3.52. The van der Waals surface area contributed by atoms with Crippen LogP contribution in [0.3, 0.4) is 0 Å². The van der Waals surface area contributed by atoms with Gasteiger partial charge in [-0.25, -0.2) is 0 Å². The molecule has 2 heterocycles. The third kappa shape index (κ3) is 5.50. The Balaban J connectivity index is 1.32. The summed E-state index contributed by atoms with van der Waals surface area (Å²) in [6, 6.07) is 16.4. The highest BCUT2D eigenvalue weighted by atomic mass is 16.5. The molecule has 0 bridgehead atoms. The zero-order valence-electron chi connectivity index (χ0n) is 18.6. The summed E-state index contributed by atoms with van der Waals surface area (Å²) in [6.45, 7) is 7.66. The van der Waals surface area contributed by atoms with Crippen LogP contribution in [-0.4, -0.2) is 75.2 Å². The molecule has 0 aliphatic carbocycles. The lowest BCUT2D eigenvalue weighted by molar-refractivity contribution is 0.0725. The van der Waals surface area contributed by atoms with Gasteiger partial charge in [-0.05, 0) is 43.5 Å². The third-order valence-electron chi connectivity index (χ3n) is 6.34. The summed E-state index contributed by atoms with van der Waals surface area (Å²) in [7, 11) is 1.66. The van der Waals surface area contributed by atoms with Crippen molar-refractivity contribution in [3.8, 4) is 5.75 Å². The van der Waals surface area contributed by atoms with Crippen LogP contribution in [0.5, 0.6) is 5.75 Å². The van der Waals surface area contributed by atoms with Gasteiger partial charge >= 0.3 is 0 Å². The number of piperidine rings is 1. The molecule has 2 saturated heterocycles. The number of methoxy groups -OCH3 is 1. The molecule has 31 heavy (non-hydrogen) atoms. The standard InChI is InChI=1S/C25H34N4O2/c1-31-22-10-11-23(25(30)29-13-6-3-7-14-29)24(20-22)26-12-15-27-16-18-28(19-17-27)21-8-4-2-5-9-21/h2,4-5,8-11,20,26H,3,6-7,12-19H2,1H3. The fraction of sp³-hybridized carbons (Fsp3) is 0.480. The number of nitrogens with one attached hydrogen (secondary N) is 1. The summed E-state index contributed by atoms with van der Waals surface area (Å²) in [5.74, 6) is 0.899. The second kappa shape index (κ2) is 10.5. The molecule has 0 radical (unpaired) electrons. The van der Waals surface area contributed by atoms with Crippen molar-refractivity contribution in [2.45, 2.75) is 19.3 Å². The third-order valence-corrected chi connectivity index (χ3v) is 6.34. The van der Waals surface area contributed by atoms with Crippen LogP contribution in [0.2, 0.25) is 0 Å². The SMILES string of the molecule is COc1ccc(C(=O)N2CCCCC2)c(NCCN2CCN(c3ccccc3)CC2)c1. The van der Waals surface area contributed by atoms with Gasteiger partial charge in [-0.2, -0.15) is 0 Å². The summed E-state index contributed by atoms with van der Waals surface area (Å²) in [4.78, 5) is 20.0. The van der Waals surface area contributed by atoms with E-state index in [0.29, 0.717) is 0 Å². The Kier molecular flexibility index (Phi) is 7.30. The zero-order chi connectivity index (χ0) is 21.5. The minimum absolute atomic E-state index is 0.126. The topological polar surface area (TPSA) is 48.1 Å². The lowest BCUT2D eigenvalue weighted by atomic mass is 10.1. The van der Waals surface area contributed by atoms with E-state index in [1.807, 2.05) is 23.1 Å². The lowest BCUT2D eigenvalue weighted by Crippen LogP contribution is -2.47. The maximum absolute atomic E-state index is 13.1. The van der Waals surface area contributed by atoms with E-state index in [4.69, 9.17) is 4.74 Å². The Morgan fingerprint density at radius 1 is 0.935 bits per heavy atom. The molecule has 1 amide bonds. The molecule has 2 fully saturated rings. The average Bonchev–Trinajstić information content (AvgIpc) is 2.85. The normalized spacial score (nSPS) is 17.5. The maximum atomic E-state index is 13.1. The number of amides is 1. The van der Waals surface area contributed by atoms with Crippen molar-refractivity contribution in [1.29, 1.82) is 0 Å². The van der Waals surface area contributed by atoms with E-state index >= 15 is 0 Å². The molecule has 4 rings (SSSR count). The molecule has 0 saturated carbocycles. The van der Waals surface area contributed by atoms with Gasteiger partial charge in [0.15, 0.2) is 0 Å². The van der Waals surface area contributed by atoms with Crippen LogP contribution >= 0.6 is 0 Å². The first-order chi connectivity index (χ1) is 15.2. The fourth-order valence-corrected chi connectivity index (χ4v) is 4.47. The van der Waals surface area contributed by atoms with E-state index in [-0.39, 0.29) is 5.91 Å². The number of rotatable bonds is 7. The largest absolute Gasteiger partial charge is 0.497 e. The van der Waals surface area contributed by atoms with Crippen molar-refractivity contribution in [3.05, 3.63) is 54.1 Å². The highest BCUT2D eigenvalue weighted by molar-refractivity contribution is 6.00. The number of likely N-dealkylation sites (tertiary alicyclic amines) is 1. The van der Waals surface area contributed by atoms with Crippen LogP contribution in [0.4, 0.5) is 11.4 Å². The first-order valence-corrected chi connectivity index (χ1v) is 11.5. The number of hydrogen-bond acceptors (Lipinski definition) is 5. The van der Waals surface area contributed by atoms with Gasteiger partial charge in [-0.1, -0.05) is 18.2 Å².